The molecule has 4 nitrogen and oxygen atoms in total. The van der Waals surface area contributed by atoms with Crippen molar-refractivity contribution in [2.24, 2.45) is 0 Å². The molecule has 1 rings (SSSR count). The molecule has 0 spiro atoms. The highest BCUT2D eigenvalue weighted by molar-refractivity contribution is 4.58. The molecular formula is C5H7N2O2+. The van der Waals surface area contributed by atoms with Crippen LogP contribution in [0.25, 0.3) is 0 Å². The molecule has 1 aromatic rings. The van der Waals surface area contributed by atoms with Crippen LogP contribution in [0.1, 0.15) is 0 Å². The lowest BCUT2D eigenvalue weighted by Gasteiger charge is -1.74. The Kier molecular flexibility index (Phi) is 1.48. The normalized spacial score (nSPS) is 9.33. The van der Waals surface area contributed by atoms with Crippen LogP contribution in [0.4, 0.5) is 0 Å². The van der Waals surface area contributed by atoms with Gasteiger partial charge >= 0.3 is 5.63 Å². The fourth-order valence-corrected chi connectivity index (χ4v) is 0.513. The van der Waals surface area contributed by atoms with Crippen molar-refractivity contribution < 1.29 is 9.20 Å². The minimum atomic E-state index is -0.378. The zero-order valence-electron chi connectivity index (χ0n) is 4.83. The number of aromatic nitrogens is 2. The van der Waals surface area contributed by atoms with Gasteiger partial charge in [0, 0.05) is 0 Å². The Morgan fingerprint density at radius 3 is 3.22 bits per heavy atom. The molecule has 0 aliphatic carbocycles. The average Bonchev–Trinajstić information content (AvgIpc) is 2.17. The first-order valence-corrected chi connectivity index (χ1v) is 2.52. The van der Waals surface area contributed by atoms with E-state index in [9.17, 15) is 4.79 Å². The lowest BCUT2D eigenvalue weighted by molar-refractivity contribution is -0.753. The molecule has 0 amide bonds. The van der Waals surface area contributed by atoms with Gasteiger partial charge in [-0.05, 0) is 11.3 Å². The third kappa shape index (κ3) is 1.28. The van der Waals surface area contributed by atoms with Gasteiger partial charge in [-0.15, -0.1) is 0 Å². The van der Waals surface area contributed by atoms with Gasteiger partial charge in [0.15, 0.2) is 6.54 Å². The van der Waals surface area contributed by atoms with Gasteiger partial charge in [0.2, 0.25) is 0 Å². The Hall–Kier alpha value is -1.32. The van der Waals surface area contributed by atoms with E-state index in [2.05, 4.69) is 16.4 Å². The van der Waals surface area contributed by atoms with Crippen molar-refractivity contribution in [3.05, 3.63) is 29.3 Å². The monoisotopic (exact) mass is 127 g/mol. The highest BCUT2D eigenvalue weighted by Gasteiger charge is 1.99. The molecule has 1 heterocycles. The number of H-pyrrole nitrogens is 1. The second kappa shape index (κ2) is 2.30. The zero-order valence-corrected chi connectivity index (χ0v) is 4.83. The SMILES string of the molecule is C=CC[n+]1cc(=O)o[nH]1. The summed E-state index contributed by atoms with van der Waals surface area (Å²) >= 11 is 0. The highest BCUT2D eigenvalue weighted by atomic mass is 16.5. The largest absolute Gasteiger partial charge is 0.426 e. The molecule has 1 N–H and O–H groups in total. The first-order valence-electron chi connectivity index (χ1n) is 2.52. The molecular weight excluding hydrogens is 120 g/mol. The number of hydrogen-bond donors (Lipinski definition) is 1. The summed E-state index contributed by atoms with van der Waals surface area (Å²) in [5, 5.41) is 2.36. The van der Waals surface area contributed by atoms with Crippen LogP contribution >= 0.6 is 0 Å². The lowest BCUT2D eigenvalue weighted by Crippen LogP contribution is -2.34. The average molecular weight is 127 g/mol. The van der Waals surface area contributed by atoms with Crippen LogP contribution in [0.5, 0.6) is 0 Å². The van der Waals surface area contributed by atoms with Crippen LogP contribution in [0.15, 0.2) is 28.2 Å². The van der Waals surface area contributed by atoms with Gasteiger partial charge in [-0.25, -0.2) is 4.79 Å². The number of hydrogen-bond acceptors (Lipinski definition) is 2. The Labute approximate surface area is 51.4 Å². The van der Waals surface area contributed by atoms with Gasteiger partial charge in [0.25, 0.3) is 6.20 Å². The van der Waals surface area contributed by atoms with E-state index in [-0.39, 0.29) is 5.63 Å². The molecule has 0 saturated carbocycles. The Morgan fingerprint density at radius 2 is 2.78 bits per heavy atom. The van der Waals surface area contributed by atoms with Gasteiger partial charge in [0.1, 0.15) is 0 Å². The van der Waals surface area contributed by atoms with Crippen LogP contribution < -0.4 is 10.3 Å². The van der Waals surface area contributed by atoms with Crippen molar-refractivity contribution in [3.63, 3.8) is 0 Å². The summed E-state index contributed by atoms with van der Waals surface area (Å²) in [6.07, 6.45) is 2.98. The van der Waals surface area contributed by atoms with Gasteiger partial charge in [-0.3, -0.25) is 4.52 Å². The zero-order chi connectivity index (χ0) is 6.69. The van der Waals surface area contributed by atoms with E-state index in [0.29, 0.717) is 6.54 Å². The summed E-state index contributed by atoms with van der Waals surface area (Å²) < 4.78 is 5.85. The van der Waals surface area contributed by atoms with E-state index >= 15 is 0 Å². The molecule has 0 aliphatic rings. The van der Waals surface area contributed by atoms with Crippen LogP contribution in [-0.2, 0) is 6.54 Å². The Bertz CT molecular complexity index is 247. The standard InChI is InChI=1S/C5H6N2O2/c1-2-3-7-4-5(8)9-6-7/h2,4H,1,3H2/p+1. The van der Waals surface area contributed by atoms with E-state index in [1.807, 2.05) is 0 Å². The predicted octanol–water partition coefficient (Wildman–Crippen LogP) is -0.559. The van der Waals surface area contributed by atoms with Gasteiger partial charge in [-0.1, -0.05) is 11.3 Å². The highest BCUT2D eigenvalue weighted by Crippen LogP contribution is 1.61. The molecule has 48 valence electrons. The maximum absolute atomic E-state index is 10.3. The Balaban J connectivity index is 2.84. The van der Waals surface area contributed by atoms with Crippen molar-refractivity contribution in [1.29, 1.82) is 0 Å². The summed E-state index contributed by atoms with van der Waals surface area (Å²) in [6.45, 7) is 4.04. The molecule has 0 bridgehead atoms. The lowest BCUT2D eigenvalue weighted by atomic mass is 10.6. The summed E-state index contributed by atoms with van der Waals surface area (Å²) in [4.78, 5) is 10.3. The van der Waals surface area contributed by atoms with Gasteiger partial charge in [0.05, 0.1) is 0 Å². The fourth-order valence-electron chi connectivity index (χ4n) is 0.513. The molecule has 1 aromatic heterocycles. The van der Waals surface area contributed by atoms with Crippen molar-refractivity contribution in [2.45, 2.75) is 6.54 Å². The Morgan fingerprint density at radius 1 is 2.00 bits per heavy atom. The molecule has 0 atom stereocenters. The fraction of sp³-hybridized carbons (Fsp3) is 0.200. The van der Waals surface area contributed by atoms with Crippen molar-refractivity contribution in [2.75, 3.05) is 0 Å². The smallest absolute Gasteiger partial charge is 0.284 e. The second-order valence-electron chi connectivity index (χ2n) is 1.58. The molecule has 0 aliphatic heterocycles. The number of rotatable bonds is 2. The third-order valence-electron chi connectivity index (χ3n) is 0.851. The molecule has 0 saturated heterocycles. The second-order valence-corrected chi connectivity index (χ2v) is 1.58. The third-order valence-corrected chi connectivity index (χ3v) is 0.851. The molecule has 9 heavy (non-hydrogen) atoms. The molecule has 0 aromatic carbocycles. The first-order chi connectivity index (χ1) is 4.33. The molecule has 0 unspecified atom stereocenters. The van der Waals surface area contributed by atoms with E-state index < -0.39 is 0 Å². The molecule has 4 heteroatoms. The van der Waals surface area contributed by atoms with Gasteiger partial charge in [-0.2, -0.15) is 0 Å². The quantitative estimate of drug-likeness (QED) is 0.427. The van der Waals surface area contributed by atoms with Crippen LogP contribution in [-0.4, -0.2) is 5.27 Å². The first kappa shape index (κ1) is 5.81. The van der Waals surface area contributed by atoms with E-state index in [1.165, 1.54) is 10.9 Å². The topological polar surface area (TPSA) is 49.9 Å². The maximum atomic E-state index is 10.3. The summed E-state index contributed by atoms with van der Waals surface area (Å²) in [5.74, 6) is 0. The van der Waals surface area contributed by atoms with Crippen molar-refractivity contribution in [3.8, 4) is 0 Å². The van der Waals surface area contributed by atoms with Crippen LogP contribution in [0.3, 0.4) is 0 Å². The minimum absolute atomic E-state index is 0.378. The van der Waals surface area contributed by atoms with Crippen molar-refractivity contribution in [1.82, 2.24) is 5.27 Å². The van der Waals surface area contributed by atoms with Crippen LogP contribution in [0.2, 0.25) is 0 Å². The van der Waals surface area contributed by atoms with E-state index in [0.717, 1.165) is 0 Å². The number of nitrogens with zero attached hydrogens (tertiary/aromatic N) is 1. The van der Waals surface area contributed by atoms with Gasteiger partial charge < -0.3 is 0 Å². The van der Waals surface area contributed by atoms with Crippen molar-refractivity contribution >= 4 is 0 Å². The molecule has 0 fully saturated rings. The van der Waals surface area contributed by atoms with E-state index in [4.69, 9.17) is 0 Å². The van der Waals surface area contributed by atoms with E-state index in [1.54, 1.807) is 6.08 Å². The summed E-state index contributed by atoms with van der Waals surface area (Å²) in [6, 6.07) is 0. The number of aromatic amines is 1. The minimum Gasteiger partial charge on any atom is -0.284 e. The summed E-state index contributed by atoms with van der Waals surface area (Å²) in [5.41, 5.74) is -0.378. The summed E-state index contributed by atoms with van der Waals surface area (Å²) in [7, 11) is 0. The predicted molar refractivity (Wildman–Crippen MR) is 29.7 cm³/mol. The molecule has 0 radical (unpaired) electrons. The van der Waals surface area contributed by atoms with Crippen LogP contribution in [0, 0.1) is 0 Å². The number of allylic oxidation sites excluding steroid dienone is 1. The maximum Gasteiger partial charge on any atom is 0.426 e. The number of nitrogens with one attached hydrogen (secondary N) is 1.